The van der Waals surface area contributed by atoms with E-state index in [1.165, 1.54) is 10.8 Å². The Balaban J connectivity index is 1.58. The highest BCUT2D eigenvalue weighted by atomic mass is 28.4. The molecule has 2 aromatic carbocycles. The summed E-state index contributed by atoms with van der Waals surface area (Å²) in [5.41, 5.74) is 1.19. The summed E-state index contributed by atoms with van der Waals surface area (Å²) in [5, 5.41) is 1.18. The molecule has 116 valence electrons. The summed E-state index contributed by atoms with van der Waals surface area (Å²) < 4.78 is 18.3. The van der Waals surface area contributed by atoms with Crippen LogP contribution in [0.1, 0.15) is 12.0 Å². The van der Waals surface area contributed by atoms with Gasteiger partial charge in [-0.1, -0.05) is 60.7 Å². The van der Waals surface area contributed by atoms with Crippen LogP contribution in [0.4, 0.5) is 0 Å². The Kier molecular flexibility index (Phi) is 5.05. The Labute approximate surface area is 133 Å². The van der Waals surface area contributed by atoms with Gasteiger partial charge in [0.15, 0.2) is 0 Å². The zero-order chi connectivity index (χ0) is 15.3. The Bertz CT molecular complexity index is 575. The van der Waals surface area contributed by atoms with Crippen molar-refractivity contribution >= 4 is 13.7 Å². The molecule has 1 aliphatic rings. The predicted octanol–water partition coefficient (Wildman–Crippen LogP) is 2.99. The maximum absolute atomic E-state index is 6.17. The molecule has 3 nitrogen and oxygen atoms in total. The van der Waals surface area contributed by atoms with Crippen LogP contribution in [-0.4, -0.2) is 27.9 Å². The fraction of sp³-hybridized carbons (Fsp3) is 0.333. The van der Waals surface area contributed by atoms with Gasteiger partial charge in [-0.25, -0.2) is 0 Å². The lowest BCUT2D eigenvalue weighted by Gasteiger charge is -2.25. The van der Waals surface area contributed by atoms with Crippen LogP contribution in [0.3, 0.4) is 0 Å². The molecule has 1 aliphatic heterocycles. The number of benzene rings is 2. The van der Waals surface area contributed by atoms with E-state index < -0.39 is 8.56 Å². The second kappa shape index (κ2) is 7.20. The minimum atomic E-state index is -2.29. The second-order valence-corrected chi connectivity index (χ2v) is 8.72. The third-order valence-electron chi connectivity index (χ3n) is 3.99. The van der Waals surface area contributed by atoms with Crippen molar-refractivity contribution < 1.29 is 13.6 Å². The Morgan fingerprint density at radius 3 is 2.41 bits per heavy atom. The molecule has 0 spiro atoms. The van der Waals surface area contributed by atoms with Crippen LogP contribution < -0.4 is 5.19 Å². The second-order valence-electron chi connectivity index (χ2n) is 5.68. The third kappa shape index (κ3) is 3.84. The number of hydrogen-bond acceptors (Lipinski definition) is 3. The average Bonchev–Trinajstić information content (AvgIpc) is 2.77. The fourth-order valence-electron chi connectivity index (χ4n) is 2.59. The molecule has 22 heavy (non-hydrogen) atoms. The topological polar surface area (TPSA) is 27.7 Å². The van der Waals surface area contributed by atoms with Gasteiger partial charge in [-0.3, -0.25) is 0 Å². The lowest BCUT2D eigenvalue weighted by atomic mass is 10.2. The predicted molar refractivity (Wildman–Crippen MR) is 89.2 cm³/mol. The number of rotatable bonds is 4. The van der Waals surface area contributed by atoms with Crippen molar-refractivity contribution in [2.45, 2.75) is 25.7 Å². The van der Waals surface area contributed by atoms with Crippen LogP contribution in [0.15, 0.2) is 60.7 Å². The molecule has 0 aliphatic carbocycles. The van der Waals surface area contributed by atoms with Crippen LogP contribution in [0.25, 0.3) is 0 Å². The van der Waals surface area contributed by atoms with Crippen molar-refractivity contribution in [1.82, 2.24) is 0 Å². The molecule has 0 bridgehead atoms. The van der Waals surface area contributed by atoms with Crippen LogP contribution in [0.5, 0.6) is 0 Å². The highest BCUT2D eigenvalue weighted by molar-refractivity contribution is 6.80. The van der Waals surface area contributed by atoms with Gasteiger partial charge < -0.3 is 13.6 Å². The molecule has 2 aromatic rings. The third-order valence-corrected chi connectivity index (χ3v) is 6.84. The van der Waals surface area contributed by atoms with E-state index in [1.54, 1.807) is 0 Å². The molecule has 0 aromatic heterocycles. The van der Waals surface area contributed by atoms with Gasteiger partial charge in [-0.2, -0.15) is 0 Å². The summed E-state index contributed by atoms with van der Waals surface area (Å²) in [6.45, 7) is 4.03. The maximum atomic E-state index is 6.17. The minimum absolute atomic E-state index is 0.0956. The molecular formula is C18H22O3Si. The quantitative estimate of drug-likeness (QED) is 0.812. The van der Waals surface area contributed by atoms with E-state index in [4.69, 9.17) is 13.6 Å². The van der Waals surface area contributed by atoms with Crippen LogP contribution in [0.2, 0.25) is 6.55 Å². The van der Waals surface area contributed by atoms with Crippen molar-refractivity contribution in [3.8, 4) is 0 Å². The Morgan fingerprint density at radius 1 is 1.00 bits per heavy atom. The molecule has 1 unspecified atom stereocenters. The zero-order valence-electron chi connectivity index (χ0n) is 12.9. The lowest BCUT2D eigenvalue weighted by Crippen LogP contribution is -2.50. The van der Waals surface area contributed by atoms with Crippen molar-refractivity contribution in [2.24, 2.45) is 0 Å². The van der Waals surface area contributed by atoms with E-state index in [1.807, 2.05) is 36.4 Å². The number of hydrogen-bond donors (Lipinski definition) is 0. The normalized spacial score (nSPS) is 25.6. The summed E-state index contributed by atoms with van der Waals surface area (Å²) in [4.78, 5) is 0. The zero-order valence-corrected chi connectivity index (χ0v) is 13.9. The van der Waals surface area contributed by atoms with Gasteiger partial charge in [0, 0.05) is 6.61 Å². The first-order valence-electron chi connectivity index (χ1n) is 7.75. The van der Waals surface area contributed by atoms with E-state index in [9.17, 15) is 0 Å². The molecular weight excluding hydrogens is 292 g/mol. The molecule has 4 heteroatoms. The van der Waals surface area contributed by atoms with Gasteiger partial charge in [0.1, 0.15) is 0 Å². The van der Waals surface area contributed by atoms with Crippen molar-refractivity contribution in [1.29, 1.82) is 0 Å². The first-order chi connectivity index (χ1) is 10.8. The molecule has 1 fully saturated rings. The smallest absolute Gasteiger partial charge is 0.369 e. The monoisotopic (exact) mass is 314 g/mol. The van der Waals surface area contributed by atoms with Gasteiger partial charge in [-0.05, 0) is 23.7 Å². The van der Waals surface area contributed by atoms with E-state index >= 15 is 0 Å². The summed E-state index contributed by atoms with van der Waals surface area (Å²) in [6.07, 6.45) is 0.973. The molecule has 3 rings (SSSR count). The molecule has 0 amide bonds. The average molecular weight is 314 g/mol. The van der Waals surface area contributed by atoms with E-state index in [2.05, 4.69) is 30.8 Å². The molecule has 2 atom stereocenters. The van der Waals surface area contributed by atoms with Crippen LogP contribution in [-0.2, 0) is 20.2 Å². The first kappa shape index (κ1) is 15.4. The molecule has 0 N–H and O–H groups in total. The van der Waals surface area contributed by atoms with Gasteiger partial charge in [0.05, 0.1) is 19.3 Å². The van der Waals surface area contributed by atoms with Gasteiger partial charge in [0.25, 0.3) is 0 Å². The Hall–Kier alpha value is -1.46. The van der Waals surface area contributed by atoms with Gasteiger partial charge in [0.2, 0.25) is 0 Å². The summed E-state index contributed by atoms with van der Waals surface area (Å²) >= 11 is 0. The van der Waals surface area contributed by atoms with Crippen LogP contribution >= 0.6 is 0 Å². The van der Waals surface area contributed by atoms with Gasteiger partial charge >= 0.3 is 8.56 Å². The lowest BCUT2D eigenvalue weighted by molar-refractivity contribution is 0.00841. The molecule has 0 saturated carbocycles. The standard InChI is InChI=1S/C18H22O3Si/c1-22(18-10-6-3-7-11-18)20-13-12-17(15-21-22)19-14-16-8-4-2-5-9-16/h2-11,17H,12-15H2,1H3/t17-,22?/m0/s1. The maximum Gasteiger partial charge on any atom is 0.369 e. The van der Waals surface area contributed by atoms with Crippen LogP contribution in [0, 0.1) is 0 Å². The van der Waals surface area contributed by atoms with E-state index in [0.29, 0.717) is 19.8 Å². The highest BCUT2D eigenvalue weighted by Crippen LogP contribution is 2.17. The summed E-state index contributed by atoms with van der Waals surface area (Å²) in [7, 11) is -2.29. The summed E-state index contributed by atoms with van der Waals surface area (Å²) in [6, 6.07) is 20.5. The largest absolute Gasteiger partial charge is 0.391 e. The first-order valence-corrected chi connectivity index (χ1v) is 10.1. The fourth-order valence-corrected chi connectivity index (χ4v) is 4.82. The van der Waals surface area contributed by atoms with E-state index in [-0.39, 0.29) is 6.10 Å². The molecule has 1 heterocycles. The minimum Gasteiger partial charge on any atom is -0.391 e. The van der Waals surface area contributed by atoms with Crippen molar-refractivity contribution in [2.75, 3.05) is 13.2 Å². The SMILES string of the molecule is C[Si]1(c2ccccc2)OCC[C@H](OCc2ccccc2)CO1. The molecule has 1 saturated heterocycles. The summed E-state index contributed by atoms with van der Waals surface area (Å²) in [5.74, 6) is 0. The Morgan fingerprint density at radius 2 is 1.68 bits per heavy atom. The molecule has 0 radical (unpaired) electrons. The number of ether oxygens (including phenoxy) is 1. The van der Waals surface area contributed by atoms with Gasteiger partial charge in [-0.15, -0.1) is 0 Å². The highest BCUT2D eigenvalue weighted by Gasteiger charge is 2.37. The van der Waals surface area contributed by atoms with Crippen molar-refractivity contribution in [3.63, 3.8) is 0 Å². The van der Waals surface area contributed by atoms with Crippen molar-refractivity contribution in [3.05, 3.63) is 66.2 Å². The van der Waals surface area contributed by atoms with E-state index in [0.717, 1.165) is 6.42 Å².